The number of nitrogens with zero attached hydrogens (tertiary/aromatic N) is 1. The van der Waals surface area contributed by atoms with Crippen molar-refractivity contribution in [1.29, 1.82) is 0 Å². The van der Waals surface area contributed by atoms with Crippen molar-refractivity contribution in [2.75, 3.05) is 6.26 Å². The molecule has 1 aliphatic carbocycles. The van der Waals surface area contributed by atoms with E-state index in [1.54, 1.807) is 11.8 Å². The minimum absolute atomic E-state index is 0.722. The number of thioether (sulfide) groups is 1. The fourth-order valence-corrected chi connectivity index (χ4v) is 2.31. The average Bonchev–Trinajstić information content (AvgIpc) is 3.14. The van der Waals surface area contributed by atoms with Crippen molar-refractivity contribution in [3.05, 3.63) is 36.3 Å². The maximum Gasteiger partial charge on any atom is 0.120 e. The van der Waals surface area contributed by atoms with Gasteiger partial charge in [-0.1, -0.05) is 12.1 Å². The van der Waals surface area contributed by atoms with Gasteiger partial charge in [-0.25, -0.2) is 4.98 Å². The molecule has 0 atom stereocenters. The van der Waals surface area contributed by atoms with Gasteiger partial charge in [0.05, 0.1) is 18.4 Å². The van der Waals surface area contributed by atoms with Gasteiger partial charge in [0.25, 0.3) is 0 Å². The van der Waals surface area contributed by atoms with Crippen LogP contribution >= 0.6 is 11.8 Å². The van der Waals surface area contributed by atoms with E-state index in [4.69, 9.17) is 0 Å². The largest absolute Gasteiger partial charge is 0.341 e. The minimum Gasteiger partial charge on any atom is -0.341 e. The highest BCUT2D eigenvalue weighted by molar-refractivity contribution is 7.98. The highest BCUT2D eigenvalue weighted by Gasteiger charge is 2.20. The van der Waals surface area contributed by atoms with Crippen molar-refractivity contribution in [2.45, 2.75) is 30.3 Å². The van der Waals surface area contributed by atoms with Crippen LogP contribution in [0, 0.1) is 0 Å². The molecule has 1 heterocycles. The monoisotopic (exact) mass is 259 g/mol. The second kappa shape index (κ2) is 5.16. The van der Waals surface area contributed by atoms with E-state index in [-0.39, 0.29) is 0 Å². The van der Waals surface area contributed by atoms with Crippen LogP contribution in [-0.2, 0) is 6.54 Å². The molecule has 1 fully saturated rings. The maximum atomic E-state index is 4.41. The lowest BCUT2D eigenvalue weighted by Crippen LogP contribution is -2.16. The van der Waals surface area contributed by atoms with E-state index in [2.05, 4.69) is 45.8 Å². The third kappa shape index (κ3) is 2.76. The summed E-state index contributed by atoms with van der Waals surface area (Å²) in [5, 5.41) is 3.46. The predicted molar refractivity (Wildman–Crippen MR) is 75.7 cm³/mol. The van der Waals surface area contributed by atoms with Gasteiger partial charge in [0, 0.05) is 10.9 Å². The first-order chi connectivity index (χ1) is 8.85. The zero-order valence-electron chi connectivity index (χ0n) is 10.4. The summed E-state index contributed by atoms with van der Waals surface area (Å²) >= 11 is 1.76. The van der Waals surface area contributed by atoms with Crippen molar-refractivity contribution in [3.63, 3.8) is 0 Å². The standard InChI is InChI=1S/C14H17N3S/c1-18-12-6-2-10(3-7-12)13-8-16-14(17-13)9-15-11-4-5-11/h2-3,6-8,11,15H,4-5,9H2,1H3,(H,16,17). The first-order valence-electron chi connectivity index (χ1n) is 6.27. The van der Waals surface area contributed by atoms with Crippen molar-refractivity contribution in [3.8, 4) is 11.3 Å². The van der Waals surface area contributed by atoms with Crippen LogP contribution in [0.2, 0.25) is 0 Å². The molecule has 0 amide bonds. The molecule has 3 nitrogen and oxygen atoms in total. The van der Waals surface area contributed by atoms with E-state index >= 15 is 0 Å². The van der Waals surface area contributed by atoms with Crippen molar-refractivity contribution in [2.24, 2.45) is 0 Å². The molecule has 0 saturated heterocycles. The highest BCUT2D eigenvalue weighted by Crippen LogP contribution is 2.22. The quantitative estimate of drug-likeness (QED) is 0.811. The molecule has 0 spiro atoms. The second-order valence-corrected chi connectivity index (χ2v) is 5.51. The molecular formula is C14H17N3S. The van der Waals surface area contributed by atoms with Gasteiger partial charge in [-0.15, -0.1) is 11.8 Å². The van der Waals surface area contributed by atoms with Gasteiger partial charge in [-0.2, -0.15) is 0 Å². The van der Waals surface area contributed by atoms with Gasteiger partial charge >= 0.3 is 0 Å². The number of hydrogen-bond acceptors (Lipinski definition) is 3. The van der Waals surface area contributed by atoms with Crippen LogP contribution in [0.3, 0.4) is 0 Å². The molecule has 4 heteroatoms. The minimum atomic E-state index is 0.722. The first-order valence-corrected chi connectivity index (χ1v) is 7.49. The van der Waals surface area contributed by atoms with E-state index in [1.165, 1.54) is 23.3 Å². The lowest BCUT2D eigenvalue weighted by Gasteiger charge is -2.00. The van der Waals surface area contributed by atoms with Crippen LogP contribution in [0.4, 0.5) is 0 Å². The number of nitrogens with one attached hydrogen (secondary N) is 2. The third-order valence-electron chi connectivity index (χ3n) is 3.17. The van der Waals surface area contributed by atoms with Crippen LogP contribution in [-0.4, -0.2) is 22.3 Å². The Morgan fingerprint density at radius 3 is 2.78 bits per heavy atom. The molecule has 1 aromatic heterocycles. The van der Waals surface area contributed by atoms with Crippen molar-refractivity contribution in [1.82, 2.24) is 15.3 Å². The van der Waals surface area contributed by atoms with Gasteiger partial charge in [-0.3, -0.25) is 0 Å². The number of benzene rings is 1. The smallest absolute Gasteiger partial charge is 0.120 e. The lowest BCUT2D eigenvalue weighted by atomic mass is 10.2. The van der Waals surface area contributed by atoms with E-state index < -0.39 is 0 Å². The van der Waals surface area contributed by atoms with Gasteiger partial charge in [-0.05, 0) is 36.8 Å². The summed E-state index contributed by atoms with van der Waals surface area (Å²) in [5.74, 6) is 1.02. The van der Waals surface area contributed by atoms with Crippen molar-refractivity contribution < 1.29 is 0 Å². The summed E-state index contributed by atoms with van der Waals surface area (Å²) in [5.41, 5.74) is 2.29. The molecule has 1 saturated carbocycles. The summed E-state index contributed by atoms with van der Waals surface area (Å²) in [4.78, 5) is 9.07. The average molecular weight is 259 g/mol. The summed E-state index contributed by atoms with van der Waals surface area (Å²) in [6.07, 6.45) is 6.62. The SMILES string of the molecule is CSc1ccc(-c2cnc(CNC3CC3)[nH]2)cc1. The Kier molecular flexibility index (Phi) is 3.39. The second-order valence-electron chi connectivity index (χ2n) is 4.63. The summed E-state index contributed by atoms with van der Waals surface area (Å²) in [7, 11) is 0. The number of imidazole rings is 1. The van der Waals surface area contributed by atoms with Gasteiger partial charge in [0.1, 0.15) is 5.82 Å². The predicted octanol–water partition coefficient (Wildman–Crippen LogP) is 3.05. The van der Waals surface area contributed by atoms with E-state index in [9.17, 15) is 0 Å². The maximum absolute atomic E-state index is 4.41. The fourth-order valence-electron chi connectivity index (χ4n) is 1.90. The summed E-state index contributed by atoms with van der Waals surface area (Å²) < 4.78 is 0. The zero-order chi connectivity index (χ0) is 12.4. The number of rotatable bonds is 5. The molecular weight excluding hydrogens is 242 g/mol. The first kappa shape index (κ1) is 11.8. The molecule has 0 radical (unpaired) electrons. The molecule has 0 aliphatic heterocycles. The van der Waals surface area contributed by atoms with Crippen LogP contribution in [0.15, 0.2) is 35.4 Å². The molecule has 2 N–H and O–H groups in total. The number of H-pyrrole nitrogens is 1. The molecule has 1 aliphatic rings. The molecule has 0 unspecified atom stereocenters. The van der Waals surface area contributed by atoms with E-state index in [1.807, 2.05) is 6.20 Å². The van der Waals surface area contributed by atoms with Gasteiger partial charge in [0.15, 0.2) is 0 Å². The normalized spacial score (nSPS) is 14.9. The van der Waals surface area contributed by atoms with E-state index in [0.717, 1.165) is 24.1 Å². The third-order valence-corrected chi connectivity index (χ3v) is 3.91. The molecule has 1 aromatic carbocycles. The molecule has 3 rings (SSSR count). The Balaban J connectivity index is 1.70. The Labute approximate surface area is 111 Å². The van der Waals surface area contributed by atoms with Gasteiger partial charge < -0.3 is 10.3 Å². The topological polar surface area (TPSA) is 40.7 Å². The van der Waals surface area contributed by atoms with Crippen LogP contribution in [0.1, 0.15) is 18.7 Å². The fraction of sp³-hybridized carbons (Fsp3) is 0.357. The Hall–Kier alpha value is -1.26. The zero-order valence-corrected chi connectivity index (χ0v) is 11.3. The Bertz CT molecular complexity index is 514. The molecule has 0 bridgehead atoms. The lowest BCUT2D eigenvalue weighted by molar-refractivity contribution is 0.664. The summed E-state index contributed by atoms with van der Waals surface area (Å²) in [6, 6.07) is 9.28. The Morgan fingerprint density at radius 2 is 2.11 bits per heavy atom. The number of aromatic amines is 1. The van der Waals surface area contributed by atoms with Crippen LogP contribution in [0.25, 0.3) is 11.3 Å². The molecule has 18 heavy (non-hydrogen) atoms. The Morgan fingerprint density at radius 1 is 1.33 bits per heavy atom. The van der Waals surface area contributed by atoms with Crippen LogP contribution in [0.5, 0.6) is 0 Å². The number of aromatic nitrogens is 2. The summed E-state index contributed by atoms with van der Waals surface area (Å²) in [6.45, 7) is 0.841. The van der Waals surface area contributed by atoms with E-state index in [0.29, 0.717) is 0 Å². The van der Waals surface area contributed by atoms with Gasteiger partial charge in [0.2, 0.25) is 0 Å². The highest BCUT2D eigenvalue weighted by atomic mass is 32.2. The van der Waals surface area contributed by atoms with Crippen molar-refractivity contribution >= 4 is 11.8 Å². The molecule has 2 aromatic rings. The van der Waals surface area contributed by atoms with Crippen LogP contribution < -0.4 is 5.32 Å². The molecule has 94 valence electrons. The number of hydrogen-bond donors (Lipinski definition) is 2.